The summed E-state index contributed by atoms with van der Waals surface area (Å²) in [4.78, 5) is 46.8. The lowest BCUT2D eigenvalue weighted by Gasteiger charge is -2.44. The molecule has 0 aromatic carbocycles. The number of ether oxygens (including phenoxy) is 5. The monoisotopic (exact) mass is 473 g/mol. The van der Waals surface area contributed by atoms with E-state index in [0.717, 1.165) is 19.3 Å². The van der Waals surface area contributed by atoms with Crippen LogP contribution in [0.15, 0.2) is 0 Å². The van der Waals surface area contributed by atoms with E-state index in [4.69, 9.17) is 23.7 Å². The lowest BCUT2D eigenvalue weighted by molar-refractivity contribution is -0.277. The number of carbonyl (C=O) groups is 4. The quantitative estimate of drug-likeness (QED) is 0.230. The minimum atomic E-state index is -1.11. The Morgan fingerprint density at radius 3 is 1.91 bits per heavy atom. The van der Waals surface area contributed by atoms with Gasteiger partial charge < -0.3 is 29.0 Å². The summed E-state index contributed by atoms with van der Waals surface area (Å²) < 4.78 is 27.7. The second-order valence-corrected chi connectivity index (χ2v) is 8.21. The molecule has 1 heterocycles. The molecule has 1 amide bonds. The molecule has 1 rings (SSSR count). The van der Waals surface area contributed by atoms with Gasteiger partial charge in [0.25, 0.3) is 0 Å². The van der Waals surface area contributed by atoms with Crippen LogP contribution >= 0.6 is 0 Å². The molecule has 33 heavy (non-hydrogen) atoms. The molecule has 0 bridgehead atoms. The second-order valence-electron chi connectivity index (χ2n) is 8.21. The lowest BCUT2D eigenvalue weighted by Crippen LogP contribution is -2.66. The fraction of sp³-hybridized carbons (Fsp3) is 0.826. The van der Waals surface area contributed by atoms with Crippen LogP contribution in [0.3, 0.4) is 0 Å². The normalized spacial score (nSPS) is 24.6. The van der Waals surface area contributed by atoms with Crippen LogP contribution in [0, 0.1) is 0 Å². The summed E-state index contributed by atoms with van der Waals surface area (Å²) in [6, 6.07) is -0.922. The molecule has 5 atom stereocenters. The number of carbonyl (C=O) groups excluding carboxylic acids is 4. The Hall–Kier alpha value is -2.20. The summed E-state index contributed by atoms with van der Waals surface area (Å²) in [5.74, 6) is -2.22. The Kier molecular flexibility index (Phi) is 13.6. The summed E-state index contributed by atoms with van der Waals surface area (Å²) in [7, 11) is 0. The molecule has 0 aromatic rings. The van der Waals surface area contributed by atoms with Gasteiger partial charge in [0.1, 0.15) is 18.8 Å². The molecule has 190 valence electrons. The van der Waals surface area contributed by atoms with E-state index < -0.39 is 54.5 Å². The molecule has 0 unspecified atom stereocenters. The van der Waals surface area contributed by atoms with E-state index in [0.29, 0.717) is 6.61 Å². The zero-order valence-corrected chi connectivity index (χ0v) is 20.4. The minimum Gasteiger partial charge on any atom is -0.463 e. The summed E-state index contributed by atoms with van der Waals surface area (Å²) >= 11 is 0. The van der Waals surface area contributed by atoms with Crippen LogP contribution < -0.4 is 5.32 Å². The number of nitrogens with one attached hydrogen (secondary N) is 1. The Bertz CT molecular complexity index is 639. The molecule has 1 saturated heterocycles. The van der Waals surface area contributed by atoms with E-state index in [2.05, 4.69) is 12.2 Å². The molecule has 0 saturated carbocycles. The third-order valence-electron chi connectivity index (χ3n) is 5.10. The van der Waals surface area contributed by atoms with E-state index in [1.165, 1.54) is 53.4 Å². The summed E-state index contributed by atoms with van der Waals surface area (Å²) in [5, 5.41) is 2.69. The highest BCUT2D eigenvalue weighted by Gasteiger charge is 2.51. The van der Waals surface area contributed by atoms with Crippen LogP contribution in [0.4, 0.5) is 0 Å². The largest absolute Gasteiger partial charge is 0.463 e. The predicted molar refractivity (Wildman–Crippen MR) is 118 cm³/mol. The van der Waals surface area contributed by atoms with Crippen LogP contribution in [0.1, 0.15) is 79.6 Å². The van der Waals surface area contributed by atoms with Gasteiger partial charge in [0.2, 0.25) is 5.91 Å². The van der Waals surface area contributed by atoms with Gasteiger partial charge in [0.05, 0.1) is 0 Å². The molecular weight excluding hydrogens is 434 g/mol. The smallest absolute Gasteiger partial charge is 0.303 e. The van der Waals surface area contributed by atoms with Crippen molar-refractivity contribution in [2.75, 3.05) is 13.2 Å². The van der Waals surface area contributed by atoms with E-state index in [1.54, 1.807) is 0 Å². The third kappa shape index (κ3) is 11.5. The minimum absolute atomic E-state index is 0.241. The van der Waals surface area contributed by atoms with Gasteiger partial charge in [-0.05, 0) is 6.42 Å². The van der Waals surface area contributed by atoms with Crippen molar-refractivity contribution in [3.63, 3.8) is 0 Å². The summed E-state index contributed by atoms with van der Waals surface area (Å²) in [5.41, 5.74) is 0. The topological polar surface area (TPSA) is 126 Å². The molecular formula is C23H39NO9. The standard InChI is InChI=1S/C23H39NO9/c1-6-7-8-9-10-11-12-13-29-23-20(24-15(2)25)22(32-18(5)28)21(31-17(4)27)19(33-23)14-30-16(3)26/h19-23H,6-14H2,1-5H3,(H,24,25)/t19-,20+,21+,22-,23-/m1/s1. The van der Waals surface area contributed by atoms with Gasteiger partial charge in [0, 0.05) is 34.3 Å². The van der Waals surface area contributed by atoms with Gasteiger partial charge in [-0.1, -0.05) is 45.4 Å². The first-order chi connectivity index (χ1) is 15.6. The highest BCUT2D eigenvalue weighted by molar-refractivity contribution is 5.73. The van der Waals surface area contributed by atoms with E-state index >= 15 is 0 Å². The van der Waals surface area contributed by atoms with Gasteiger partial charge >= 0.3 is 17.9 Å². The van der Waals surface area contributed by atoms with Gasteiger partial charge in [-0.15, -0.1) is 0 Å². The summed E-state index contributed by atoms with van der Waals surface area (Å²) in [6.45, 7) is 7.25. The Labute approximate surface area is 196 Å². The number of hydrogen-bond acceptors (Lipinski definition) is 9. The van der Waals surface area contributed by atoms with Crippen LogP contribution in [0.5, 0.6) is 0 Å². The van der Waals surface area contributed by atoms with Crippen LogP contribution in [0.25, 0.3) is 0 Å². The predicted octanol–water partition coefficient (Wildman–Crippen LogP) is 2.41. The third-order valence-corrected chi connectivity index (χ3v) is 5.10. The molecule has 1 aliphatic heterocycles. The zero-order chi connectivity index (χ0) is 24.8. The first-order valence-electron chi connectivity index (χ1n) is 11.7. The molecule has 0 spiro atoms. The Balaban J connectivity index is 2.95. The Morgan fingerprint density at radius 2 is 1.36 bits per heavy atom. The van der Waals surface area contributed by atoms with Crippen molar-refractivity contribution in [3.8, 4) is 0 Å². The number of unbranched alkanes of at least 4 members (excludes halogenated alkanes) is 6. The van der Waals surface area contributed by atoms with Gasteiger partial charge in [-0.3, -0.25) is 19.2 Å². The average Bonchev–Trinajstić information content (AvgIpc) is 2.71. The number of esters is 3. The first kappa shape index (κ1) is 28.8. The fourth-order valence-corrected chi connectivity index (χ4v) is 3.69. The van der Waals surface area contributed by atoms with Crippen molar-refractivity contribution in [2.45, 2.75) is 110 Å². The molecule has 10 heteroatoms. The maximum atomic E-state index is 11.9. The fourth-order valence-electron chi connectivity index (χ4n) is 3.69. The first-order valence-corrected chi connectivity index (χ1v) is 11.7. The highest BCUT2D eigenvalue weighted by Crippen LogP contribution is 2.28. The molecule has 0 aromatic heterocycles. The number of amides is 1. The van der Waals surface area contributed by atoms with E-state index in [9.17, 15) is 19.2 Å². The molecule has 10 nitrogen and oxygen atoms in total. The van der Waals surface area contributed by atoms with Crippen molar-refractivity contribution >= 4 is 23.8 Å². The average molecular weight is 474 g/mol. The maximum absolute atomic E-state index is 11.9. The van der Waals surface area contributed by atoms with Gasteiger partial charge in [-0.25, -0.2) is 0 Å². The molecule has 0 radical (unpaired) electrons. The van der Waals surface area contributed by atoms with Crippen molar-refractivity contribution < 1.29 is 42.9 Å². The number of hydrogen-bond donors (Lipinski definition) is 1. The Morgan fingerprint density at radius 1 is 0.788 bits per heavy atom. The second kappa shape index (κ2) is 15.6. The SMILES string of the molecule is CCCCCCCCCO[C@@H]1O[C@H](COC(C)=O)[C@H](OC(C)=O)[C@H](OC(C)=O)[C@@H]1NC(C)=O. The van der Waals surface area contributed by atoms with Crippen LogP contribution in [-0.2, 0) is 42.9 Å². The van der Waals surface area contributed by atoms with Crippen LogP contribution in [0.2, 0.25) is 0 Å². The van der Waals surface area contributed by atoms with Crippen molar-refractivity contribution in [1.82, 2.24) is 5.32 Å². The maximum Gasteiger partial charge on any atom is 0.303 e. The van der Waals surface area contributed by atoms with E-state index in [1.807, 2.05) is 0 Å². The lowest BCUT2D eigenvalue weighted by atomic mass is 9.96. The highest BCUT2D eigenvalue weighted by atomic mass is 16.7. The van der Waals surface area contributed by atoms with Crippen molar-refractivity contribution in [3.05, 3.63) is 0 Å². The van der Waals surface area contributed by atoms with Crippen LogP contribution in [-0.4, -0.2) is 67.7 Å². The summed E-state index contributed by atoms with van der Waals surface area (Å²) in [6.07, 6.45) is 3.54. The van der Waals surface area contributed by atoms with Crippen molar-refractivity contribution in [1.29, 1.82) is 0 Å². The molecule has 1 N–H and O–H groups in total. The zero-order valence-electron chi connectivity index (χ0n) is 20.4. The van der Waals surface area contributed by atoms with Gasteiger partial charge in [0.15, 0.2) is 18.5 Å². The molecule has 0 aliphatic carbocycles. The number of rotatable bonds is 14. The van der Waals surface area contributed by atoms with E-state index in [-0.39, 0.29) is 6.61 Å². The molecule has 1 aliphatic rings. The van der Waals surface area contributed by atoms with Gasteiger partial charge in [-0.2, -0.15) is 0 Å². The van der Waals surface area contributed by atoms with Crippen molar-refractivity contribution in [2.24, 2.45) is 0 Å². The molecule has 1 fully saturated rings.